The molecule has 1 amide bonds. The second-order valence-corrected chi connectivity index (χ2v) is 3.78. The Morgan fingerprint density at radius 2 is 2.31 bits per heavy atom. The van der Waals surface area contributed by atoms with Crippen LogP contribution in [0.25, 0.3) is 0 Å². The largest absolute Gasteiger partial charge is 0.479 e. The smallest absolute Gasteiger partial charge is 0.265 e. The lowest BCUT2D eigenvalue weighted by molar-refractivity contribution is -0.122. The minimum atomic E-state index is -0.512. The zero-order valence-corrected chi connectivity index (χ0v) is 9.38. The van der Waals surface area contributed by atoms with Gasteiger partial charge in [0.1, 0.15) is 5.75 Å². The molecule has 84 valence electrons. The maximum Gasteiger partial charge on any atom is 0.265 e. The summed E-state index contributed by atoms with van der Waals surface area (Å²) in [5, 5.41) is 2.67. The molecule has 5 heteroatoms. The fourth-order valence-electron chi connectivity index (χ4n) is 1.46. The summed E-state index contributed by atoms with van der Waals surface area (Å²) in [6.45, 7) is 1.66. The lowest BCUT2D eigenvalue weighted by Crippen LogP contribution is -2.34. The second kappa shape index (κ2) is 4.14. The zero-order valence-electron chi connectivity index (χ0n) is 8.62. The molecule has 0 aliphatic carbocycles. The van der Waals surface area contributed by atoms with Crippen molar-refractivity contribution in [2.24, 2.45) is 0 Å². The van der Waals surface area contributed by atoms with Crippen LogP contribution in [-0.2, 0) is 4.79 Å². The van der Waals surface area contributed by atoms with Gasteiger partial charge in [-0.25, -0.2) is 0 Å². The van der Waals surface area contributed by atoms with E-state index in [1.165, 1.54) is 0 Å². The molecule has 0 spiro atoms. The van der Waals surface area contributed by atoms with Crippen LogP contribution in [0.5, 0.6) is 5.75 Å². The molecule has 1 atom stereocenters. The Kier molecular flexibility index (Phi) is 2.83. The summed E-state index contributed by atoms with van der Waals surface area (Å²) in [5.41, 5.74) is 0.978. The number of hydrogen-bond donors (Lipinski definition) is 1. The van der Waals surface area contributed by atoms with E-state index >= 15 is 0 Å². The number of fused-ring (bicyclic) bond motifs is 1. The van der Waals surface area contributed by atoms with E-state index in [0.717, 1.165) is 0 Å². The first kappa shape index (κ1) is 11.0. The number of Topliss-reactive ketones (excluding diaryl/α,β-unsaturated/α-hetero) is 1. The number of nitrogens with one attached hydrogen (secondary N) is 1. The highest BCUT2D eigenvalue weighted by atomic mass is 35.5. The number of alkyl halides is 1. The molecule has 0 unspecified atom stereocenters. The van der Waals surface area contributed by atoms with Gasteiger partial charge in [0, 0.05) is 5.56 Å². The molecule has 0 aromatic heterocycles. The summed E-state index contributed by atoms with van der Waals surface area (Å²) < 4.78 is 5.36. The summed E-state index contributed by atoms with van der Waals surface area (Å²) in [5.74, 6) is 0.0859. The molecule has 0 radical (unpaired) electrons. The minimum Gasteiger partial charge on any atom is -0.479 e. The summed E-state index contributed by atoms with van der Waals surface area (Å²) >= 11 is 5.45. The average molecular weight is 240 g/mol. The number of ether oxygens (including phenoxy) is 1. The highest BCUT2D eigenvalue weighted by Crippen LogP contribution is 2.30. The van der Waals surface area contributed by atoms with E-state index in [9.17, 15) is 9.59 Å². The number of amides is 1. The number of anilines is 1. The maximum absolute atomic E-state index is 11.4. The Balaban J connectivity index is 2.36. The molecule has 0 fully saturated rings. The van der Waals surface area contributed by atoms with Crippen molar-refractivity contribution in [1.82, 2.24) is 0 Å². The number of rotatable bonds is 2. The third-order valence-electron chi connectivity index (χ3n) is 2.35. The standard InChI is InChI=1S/C11H10ClNO3/c1-6-11(15)13-8-4-7(9(14)5-12)2-3-10(8)16-6/h2-4,6H,5H2,1H3,(H,13,15)/t6-/m1/s1. The molecule has 1 heterocycles. The molecule has 0 saturated heterocycles. The fraction of sp³-hybridized carbons (Fsp3) is 0.273. The average Bonchev–Trinajstić information content (AvgIpc) is 2.29. The van der Waals surface area contributed by atoms with E-state index < -0.39 is 6.10 Å². The number of benzene rings is 1. The minimum absolute atomic E-state index is 0.0794. The van der Waals surface area contributed by atoms with Crippen molar-refractivity contribution in [1.29, 1.82) is 0 Å². The first-order valence-corrected chi connectivity index (χ1v) is 5.36. The van der Waals surface area contributed by atoms with Gasteiger partial charge in [-0.2, -0.15) is 0 Å². The Morgan fingerprint density at radius 3 is 3.00 bits per heavy atom. The summed E-state index contributed by atoms with van der Waals surface area (Å²) in [6, 6.07) is 4.86. The Bertz CT molecular complexity index is 459. The quantitative estimate of drug-likeness (QED) is 0.633. The SMILES string of the molecule is C[C@H]1Oc2ccc(C(=O)CCl)cc2NC1=O. The van der Waals surface area contributed by atoms with Crippen LogP contribution in [0.3, 0.4) is 0 Å². The normalized spacial score (nSPS) is 18.4. The zero-order chi connectivity index (χ0) is 11.7. The number of hydrogen-bond acceptors (Lipinski definition) is 3. The molecule has 0 bridgehead atoms. The lowest BCUT2D eigenvalue weighted by atomic mass is 10.1. The van der Waals surface area contributed by atoms with Crippen molar-refractivity contribution in [2.45, 2.75) is 13.0 Å². The highest BCUT2D eigenvalue weighted by molar-refractivity contribution is 6.30. The van der Waals surface area contributed by atoms with Gasteiger partial charge >= 0.3 is 0 Å². The monoisotopic (exact) mass is 239 g/mol. The summed E-state index contributed by atoms with van der Waals surface area (Å²) in [4.78, 5) is 22.7. The van der Waals surface area contributed by atoms with Gasteiger partial charge < -0.3 is 10.1 Å². The molecular weight excluding hydrogens is 230 g/mol. The first-order valence-electron chi connectivity index (χ1n) is 4.82. The van der Waals surface area contributed by atoms with Crippen molar-refractivity contribution in [3.8, 4) is 5.75 Å². The van der Waals surface area contributed by atoms with Crippen LogP contribution in [0.1, 0.15) is 17.3 Å². The number of carbonyl (C=O) groups excluding carboxylic acids is 2. The van der Waals surface area contributed by atoms with Crippen LogP contribution in [-0.4, -0.2) is 23.7 Å². The third-order valence-corrected chi connectivity index (χ3v) is 2.60. The molecule has 0 saturated carbocycles. The molecule has 1 aliphatic heterocycles. The van der Waals surface area contributed by atoms with Crippen molar-refractivity contribution in [3.05, 3.63) is 23.8 Å². The van der Waals surface area contributed by atoms with Crippen molar-refractivity contribution < 1.29 is 14.3 Å². The van der Waals surface area contributed by atoms with Crippen molar-refractivity contribution in [2.75, 3.05) is 11.2 Å². The van der Waals surface area contributed by atoms with Crippen LogP contribution in [0.15, 0.2) is 18.2 Å². The molecule has 1 aromatic rings. The lowest BCUT2D eigenvalue weighted by Gasteiger charge is -2.23. The van der Waals surface area contributed by atoms with Crippen LogP contribution in [0.4, 0.5) is 5.69 Å². The number of halogens is 1. The Labute approximate surface area is 97.5 Å². The van der Waals surface area contributed by atoms with Crippen LogP contribution >= 0.6 is 11.6 Å². The van der Waals surface area contributed by atoms with Crippen LogP contribution < -0.4 is 10.1 Å². The molecule has 4 nitrogen and oxygen atoms in total. The first-order chi connectivity index (χ1) is 7.61. The van der Waals surface area contributed by atoms with Gasteiger partial charge in [0.25, 0.3) is 5.91 Å². The fourth-order valence-corrected chi connectivity index (χ4v) is 1.61. The van der Waals surface area contributed by atoms with E-state index in [1.54, 1.807) is 25.1 Å². The maximum atomic E-state index is 11.4. The van der Waals surface area contributed by atoms with Gasteiger partial charge in [-0.15, -0.1) is 11.6 Å². The molecule has 1 aliphatic rings. The van der Waals surface area contributed by atoms with Gasteiger partial charge in [0.05, 0.1) is 11.6 Å². The van der Waals surface area contributed by atoms with Gasteiger partial charge in [0.2, 0.25) is 0 Å². The molecular formula is C11H10ClNO3. The Hall–Kier alpha value is -1.55. The van der Waals surface area contributed by atoms with E-state index in [4.69, 9.17) is 16.3 Å². The van der Waals surface area contributed by atoms with Gasteiger partial charge in [-0.05, 0) is 25.1 Å². The predicted molar refractivity (Wildman–Crippen MR) is 60.2 cm³/mol. The van der Waals surface area contributed by atoms with E-state index in [-0.39, 0.29) is 17.6 Å². The van der Waals surface area contributed by atoms with Crippen LogP contribution in [0.2, 0.25) is 0 Å². The third kappa shape index (κ3) is 1.88. The van der Waals surface area contributed by atoms with E-state index in [0.29, 0.717) is 17.0 Å². The second-order valence-electron chi connectivity index (χ2n) is 3.52. The molecule has 16 heavy (non-hydrogen) atoms. The van der Waals surface area contributed by atoms with Gasteiger partial charge in [0.15, 0.2) is 11.9 Å². The summed E-state index contributed by atoms with van der Waals surface area (Å²) in [6.07, 6.45) is -0.512. The topological polar surface area (TPSA) is 55.4 Å². The van der Waals surface area contributed by atoms with Crippen molar-refractivity contribution >= 4 is 29.0 Å². The molecule has 1 N–H and O–H groups in total. The highest BCUT2D eigenvalue weighted by Gasteiger charge is 2.23. The molecule has 2 rings (SSSR count). The number of carbonyl (C=O) groups is 2. The van der Waals surface area contributed by atoms with Gasteiger partial charge in [-0.3, -0.25) is 9.59 Å². The van der Waals surface area contributed by atoms with E-state index in [1.807, 2.05) is 0 Å². The molecule has 1 aromatic carbocycles. The Morgan fingerprint density at radius 1 is 1.56 bits per heavy atom. The summed E-state index contributed by atoms with van der Waals surface area (Å²) in [7, 11) is 0. The van der Waals surface area contributed by atoms with Gasteiger partial charge in [-0.1, -0.05) is 0 Å². The number of ketones is 1. The van der Waals surface area contributed by atoms with E-state index in [2.05, 4.69) is 5.32 Å². The van der Waals surface area contributed by atoms with Crippen LogP contribution in [0, 0.1) is 0 Å². The van der Waals surface area contributed by atoms with Crippen molar-refractivity contribution in [3.63, 3.8) is 0 Å². The predicted octanol–water partition coefficient (Wildman–Crippen LogP) is 1.83.